The Balaban J connectivity index is 2.00. The van der Waals surface area contributed by atoms with Gasteiger partial charge in [0.1, 0.15) is 0 Å². The largest absolute Gasteiger partial charge is 0.409 e. The fourth-order valence-electron chi connectivity index (χ4n) is 4.65. The van der Waals surface area contributed by atoms with Crippen molar-refractivity contribution in [3.05, 3.63) is 47.5 Å². The maximum Gasteiger partial charge on any atom is 0.409 e. The van der Waals surface area contributed by atoms with Gasteiger partial charge in [0.05, 0.1) is 0 Å². The van der Waals surface area contributed by atoms with Gasteiger partial charge in [0.2, 0.25) is 5.91 Å². The minimum absolute atomic E-state index is 0.0416. The fourth-order valence-corrected chi connectivity index (χ4v) is 4.65. The summed E-state index contributed by atoms with van der Waals surface area (Å²) >= 11 is 0. The van der Waals surface area contributed by atoms with Crippen LogP contribution >= 0.6 is 0 Å². The normalized spacial score (nSPS) is 17.8. The Morgan fingerprint density at radius 2 is 1.71 bits per heavy atom. The maximum absolute atomic E-state index is 14.4. The second-order valence-corrected chi connectivity index (χ2v) is 9.21. The molecule has 1 N–H and O–H groups in total. The average Bonchev–Trinajstić information content (AvgIpc) is 2.96. The van der Waals surface area contributed by atoms with Crippen LogP contribution in [0.1, 0.15) is 82.9 Å². The van der Waals surface area contributed by atoms with E-state index in [1.54, 1.807) is 26.0 Å². The molecule has 0 radical (unpaired) electrons. The quantitative estimate of drug-likeness (QED) is 0.437. The molecule has 3 nitrogen and oxygen atoms in total. The minimum Gasteiger partial charge on any atom is -0.287 e. The Morgan fingerprint density at radius 1 is 1.03 bits per heavy atom. The van der Waals surface area contributed by atoms with Gasteiger partial charge in [-0.05, 0) is 48.6 Å². The van der Waals surface area contributed by atoms with Gasteiger partial charge in [-0.15, -0.1) is 0 Å². The van der Waals surface area contributed by atoms with Crippen LogP contribution in [-0.2, 0) is 11.2 Å². The minimum atomic E-state index is -4.52. The summed E-state index contributed by atoms with van der Waals surface area (Å²) in [7, 11) is 0. The van der Waals surface area contributed by atoms with Gasteiger partial charge in [-0.3, -0.25) is 10.2 Å². The molecule has 3 rings (SSSR count). The summed E-state index contributed by atoms with van der Waals surface area (Å²) in [5.41, 5.74) is 2.55. The highest BCUT2D eigenvalue weighted by molar-refractivity contribution is 5.87. The highest BCUT2D eigenvalue weighted by Gasteiger charge is 2.53. The zero-order valence-corrected chi connectivity index (χ0v) is 18.7. The lowest BCUT2D eigenvalue weighted by Gasteiger charge is -2.39. The van der Waals surface area contributed by atoms with Crippen molar-refractivity contribution in [3.8, 4) is 0 Å². The van der Waals surface area contributed by atoms with Crippen LogP contribution in [0.5, 0.6) is 0 Å². The zero-order chi connectivity index (χ0) is 22.6. The molecule has 1 aliphatic heterocycles. The molecule has 0 aliphatic carbocycles. The predicted octanol–water partition coefficient (Wildman–Crippen LogP) is 6.86. The molecule has 170 valence electrons. The van der Waals surface area contributed by atoms with Crippen molar-refractivity contribution in [2.45, 2.75) is 89.9 Å². The van der Waals surface area contributed by atoms with Gasteiger partial charge in [-0.2, -0.15) is 18.2 Å². The molecule has 1 saturated heterocycles. The first-order chi connectivity index (χ1) is 14.6. The topological polar surface area (TPSA) is 32.3 Å². The molecule has 2 aromatic carbocycles. The highest BCUT2D eigenvalue weighted by atomic mass is 19.4. The molecule has 0 aromatic heterocycles. The van der Waals surface area contributed by atoms with E-state index in [0.717, 1.165) is 53.4 Å². The standard InChI is InChI=1S/C25H33F3N2O/c1-4-5-6-7-8-9-14-20-19-13-11-10-12-18(19)15-16-21(20)23(25(26,27)28)30-24(2,3)17-22(31)29-30/h10-13,15-16,23H,4-9,14,17H2,1-3H3,(H,29,31)/t23-/m0/s1. The summed E-state index contributed by atoms with van der Waals surface area (Å²) in [4.78, 5) is 12.0. The summed E-state index contributed by atoms with van der Waals surface area (Å²) in [6.45, 7) is 5.52. The van der Waals surface area contributed by atoms with Crippen molar-refractivity contribution in [1.29, 1.82) is 0 Å². The average molecular weight is 435 g/mol. The third-order valence-corrected chi connectivity index (χ3v) is 6.21. The zero-order valence-electron chi connectivity index (χ0n) is 18.7. The Kier molecular flexibility index (Phi) is 7.30. The summed E-state index contributed by atoms with van der Waals surface area (Å²) < 4.78 is 43.3. The van der Waals surface area contributed by atoms with E-state index in [-0.39, 0.29) is 17.9 Å². The van der Waals surface area contributed by atoms with Crippen molar-refractivity contribution in [3.63, 3.8) is 0 Å². The number of hydrazine groups is 1. The van der Waals surface area contributed by atoms with Gasteiger partial charge in [0, 0.05) is 12.0 Å². The molecule has 0 unspecified atom stereocenters. The number of benzene rings is 2. The number of carbonyl (C=O) groups is 1. The monoisotopic (exact) mass is 434 g/mol. The van der Waals surface area contributed by atoms with Crippen LogP contribution in [0.2, 0.25) is 0 Å². The molecule has 31 heavy (non-hydrogen) atoms. The van der Waals surface area contributed by atoms with Gasteiger partial charge in [0.25, 0.3) is 0 Å². The molecule has 2 aromatic rings. The summed E-state index contributed by atoms with van der Waals surface area (Å²) in [6.07, 6.45) is 2.60. The number of nitrogens with zero attached hydrogens (tertiary/aromatic N) is 1. The summed E-state index contributed by atoms with van der Waals surface area (Å²) in [6, 6.07) is 9.11. The van der Waals surface area contributed by atoms with E-state index in [0.29, 0.717) is 6.42 Å². The summed E-state index contributed by atoms with van der Waals surface area (Å²) in [5, 5.41) is 2.92. The Morgan fingerprint density at radius 3 is 2.35 bits per heavy atom. The number of unbranched alkanes of at least 4 members (excludes halogenated alkanes) is 5. The number of hydrogen-bond acceptors (Lipinski definition) is 2. The fraction of sp³-hybridized carbons (Fsp3) is 0.560. The molecular formula is C25H33F3N2O. The van der Waals surface area contributed by atoms with Crippen molar-refractivity contribution in [1.82, 2.24) is 10.4 Å². The number of halogens is 3. The highest BCUT2D eigenvalue weighted by Crippen LogP contribution is 2.45. The number of amides is 1. The third-order valence-electron chi connectivity index (χ3n) is 6.21. The second kappa shape index (κ2) is 9.60. The number of aryl methyl sites for hydroxylation is 1. The van der Waals surface area contributed by atoms with Crippen molar-refractivity contribution in [2.75, 3.05) is 0 Å². The van der Waals surface area contributed by atoms with Gasteiger partial charge in [-0.1, -0.05) is 75.4 Å². The number of fused-ring (bicyclic) bond motifs is 1. The Hall–Kier alpha value is -2.08. The van der Waals surface area contributed by atoms with E-state index in [4.69, 9.17) is 0 Å². The molecule has 1 amide bonds. The van der Waals surface area contributed by atoms with Gasteiger partial charge in [-0.25, -0.2) is 0 Å². The van der Waals surface area contributed by atoms with Crippen molar-refractivity contribution < 1.29 is 18.0 Å². The van der Waals surface area contributed by atoms with Crippen LogP contribution in [0.15, 0.2) is 36.4 Å². The van der Waals surface area contributed by atoms with Crippen LogP contribution in [0, 0.1) is 0 Å². The van der Waals surface area contributed by atoms with E-state index in [9.17, 15) is 18.0 Å². The molecule has 0 saturated carbocycles. The first-order valence-electron chi connectivity index (χ1n) is 11.3. The molecule has 1 atom stereocenters. The first kappa shape index (κ1) is 23.6. The molecule has 0 bridgehead atoms. The van der Waals surface area contributed by atoms with Crippen LogP contribution in [0.4, 0.5) is 13.2 Å². The smallest absolute Gasteiger partial charge is 0.287 e. The number of alkyl halides is 3. The number of hydrogen-bond donors (Lipinski definition) is 1. The van der Waals surface area contributed by atoms with Crippen molar-refractivity contribution in [2.24, 2.45) is 0 Å². The SMILES string of the molecule is CCCCCCCCc1c([C@H](N2NC(=O)CC2(C)C)C(F)(F)F)ccc2ccccc12. The van der Waals surface area contributed by atoms with Crippen LogP contribution in [0.25, 0.3) is 10.8 Å². The van der Waals surface area contributed by atoms with E-state index < -0.39 is 17.8 Å². The van der Waals surface area contributed by atoms with E-state index in [1.165, 1.54) is 6.42 Å². The summed E-state index contributed by atoms with van der Waals surface area (Å²) in [5.74, 6) is -0.377. The Labute approximate surface area is 183 Å². The van der Waals surface area contributed by atoms with Crippen LogP contribution < -0.4 is 5.43 Å². The number of nitrogens with one attached hydrogen (secondary N) is 1. The first-order valence-corrected chi connectivity index (χ1v) is 11.3. The Bertz CT molecular complexity index is 907. The molecule has 0 spiro atoms. The van der Waals surface area contributed by atoms with Crippen LogP contribution in [-0.4, -0.2) is 22.6 Å². The number of rotatable bonds is 9. The molecule has 1 aliphatic rings. The van der Waals surface area contributed by atoms with Gasteiger partial charge in [0.15, 0.2) is 6.04 Å². The number of carbonyl (C=O) groups excluding carboxylic acids is 1. The lowest BCUT2D eigenvalue weighted by molar-refractivity contribution is -0.204. The lowest BCUT2D eigenvalue weighted by Crippen LogP contribution is -2.51. The van der Waals surface area contributed by atoms with E-state index in [1.807, 2.05) is 24.3 Å². The lowest BCUT2D eigenvalue weighted by atomic mass is 9.88. The molecular weight excluding hydrogens is 401 g/mol. The predicted molar refractivity (Wildman–Crippen MR) is 119 cm³/mol. The second-order valence-electron chi connectivity index (χ2n) is 9.21. The van der Waals surface area contributed by atoms with Gasteiger partial charge >= 0.3 is 6.18 Å². The molecule has 1 fully saturated rings. The van der Waals surface area contributed by atoms with Crippen molar-refractivity contribution >= 4 is 16.7 Å². The van der Waals surface area contributed by atoms with Gasteiger partial charge < -0.3 is 0 Å². The van der Waals surface area contributed by atoms with E-state index >= 15 is 0 Å². The third kappa shape index (κ3) is 5.40. The van der Waals surface area contributed by atoms with E-state index in [2.05, 4.69) is 12.3 Å². The van der Waals surface area contributed by atoms with Crippen LogP contribution in [0.3, 0.4) is 0 Å². The molecule has 1 heterocycles. The maximum atomic E-state index is 14.4. The molecule has 6 heteroatoms.